The minimum atomic E-state index is 0.522. The Labute approximate surface area is 122 Å². The average molecular weight is 265 g/mol. The van der Waals surface area contributed by atoms with Gasteiger partial charge in [-0.15, -0.1) is 0 Å². The minimum absolute atomic E-state index is 0.522. The van der Waals surface area contributed by atoms with E-state index >= 15 is 0 Å². The topological polar surface area (TPSA) is 12.0 Å². The molecule has 2 unspecified atom stereocenters. The zero-order valence-electron chi connectivity index (χ0n) is 12.4. The molecule has 0 radical (unpaired) electrons. The van der Waals surface area contributed by atoms with Crippen molar-refractivity contribution >= 4 is 0 Å². The fraction of sp³-hybridized carbons (Fsp3) is 0.368. The van der Waals surface area contributed by atoms with Crippen LogP contribution in [-0.2, 0) is 6.42 Å². The summed E-state index contributed by atoms with van der Waals surface area (Å²) >= 11 is 0. The second-order valence-corrected chi connectivity index (χ2v) is 5.89. The van der Waals surface area contributed by atoms with E-state index in [9.17, 15) is 0 Å². The zero-order valence-corrected chi connectivity index (χ0v) is 12.4. The predicted octanol–water partition coefficient (Wildman–Crippen LogP) is 4.59. The maximum Gasteiger partial charge on any atom is 0.0352 e. The number of rotatable bonds is 4. The van der Waals surface area contributed by atoms with Crippen molar-refractivity contribution in [1.29, 1.82) is 0 Å². The highest BCUT2D eigenvalue weighted by molar-refractivity contribution is 5.65. The van der Waals surface area contributed by atoms with Crippen molar-refractivity contribution in [2.24, 2.45) is 5.92 Å². The van der Waals surface area contributed by atoms with Gasteiger partial charge in [0.25, 0.3) is 0 Å². The van der Waals surface area contributed by atoms with Gasteiger partial charge in [0.05, 0.1) is 0 Å². The summed E-state index contributed by atoms with van der Waals surface area (Å²) in [6, 6.07) is 18.2. The molecular weight excluding hydrogens is 242 g/mol. The highest BCUT2D eigenvalue weighted by atomic mass is 14.9. The third kappa shape index (κ3) is 2.51. The Hall–Kier alpha value is -1.60. The number of benzene rings is 2. The lowest BCUT2D eigenvalue weighted by molar-refractivity contribution is 0.417. The molecule has 1 N–H and O–H groups in total. The Morgan fingerprint density at radius 3 is 2.60 bits per heavy atom. The van der Waals surface area contributed by atoms with Crippen LogP contribution in [0.3, 0.4) is 0 Å². The Morgan fingerprint density at radius 1 is 1.05 bits per heavy atom. The quantitative estimate of drug-likeness (QED) is 0.852. The van der Waals surface area contributed by atoms with Crippen LogP contribution >= 0.6 is 0 Å². The van der Waals surface area contributed by atoms with E-state index in [-0.39, 0.29) is 0 Å². The smallest absolute Gasteiger partial charge is 0.0352 e. The summed E-state index contributed by atoms with van der Waals surface area (Å²) in [6.45, 7) is 5.69. The molecular formula is C19H23N. The van der Waals surface area contributed by atoms with Gasteiger partial charge in [-0.05, 0) is 53.6 Å². The van der Waals surface area contributed by atoms with E-state index in [1.807, 2.05) is 0 Å². The number of fused-ring (bicyclic) bond motifs is 1. The summed E-state index contributed by atoms with van der Waals surface area (Å²) in [5.74, 6) is 0.697. The first kappa shape index (κ1) is 13.4. The number of hydrogen-bond donors (Lipinski definition) is 1. The fourth-order valence-electron chi connectivity index (χ4n) is 3.26. The molecule has 1 aliphatic carbocycles. The molecule has 0 fully saturated rings. The van der Waals surface area contributed by atoms with Gasteiger partial charge in [0.2, 0.25) is 0 Å². The van der Waals surface area contributed by atoms with E-state index in [1.165, 1.54) is 35.1 Å². The standard InChI is InChI=1S/C19H23N/c1-3-11-20-19-14(2)12-17-10-9-16(13-18(17)19)15-7-5-4-6-8-15/h4-10,13-14,19-20H,3,11-12H2,1-2H3. The summed E-state index contributed by atoms with van der Waals surface area (Å²) in [5.41, 5.74) is 5.67. The molecule has 104 valence electrons. The normalized spacial score (nSPS) is 20.9. The SMILES string of the molecule is CCCNC1c2cc(-c3ccccc3)ccc2CC1C. The second-order valence-electron chi connectivity index (χ2n) is 5.89. The second kappa shape index (κ2) is 5.80. The first-order valence-corrected chi connectivity index (χ1v) is 7.71. The molecule has 0 heterocycles. The van der Waals surface area contributed by atoms with Crippen LogP contribution in [0.2, 0.25) is 0 Å². The van der Waals surface area contributed by atoms with Crippen molar-refractivity contribution in [2.45, 2.75) is 32.7 Å². The van der Waals surface area contributed by atoms with Crippen LogP contribution < -0.4 is 5.32 Å². The predicted molar refractivity (Wildman–Crippen MR) is 85.8 cm³/mol. The van der Waals surface area contributed by atoms with Crippen LogP contribution in [0.25, 0.3) is 11.1 Å². The Bertz CT molecular complexity index is 574. The van der Waals surface area contributed by atoms with Gasteiger partial charge in [0.1, 0.15) is 0 Å². The van der Waals surface area contributed by atoms with Crippen LogP contribution in [0.4, 0.5) is 0 Å². The largest absolute Gasteiger partial charge is 0.310 e. The molecule has 0 saturated heterocycles. The van der Waals surface area contributed by atoms with Gasteiger partial charge in [-0.3, -0.25) is 0 Å². The highest BCUT2D eigenvalue weighted by Crippen LogP contribution is 2.38. The lowest BCUT2D eigenvalue weighted by atomic mass is 9.98. The molecule has 0 saturated carbocycles. The monoisotopic (exact) mass is 265 g/mol. The highest BCUT2D eigenvalue weighted by Gasteiger charge is 2.28. The zero-order chi connectivity index (χ0) is 13.9. The van der Waals surface area contributed by atoms with Gasteiger partial charge >= 0.3 is 0 Å². The summed E-state index contributed by atoms with van der Waals surface area (Å²) in [6.07, 6.45) is 2.39. The fourth-order valence-corrected chi connectivity index (χ4v) is 3.26. The molecule has 1 heteroatoms. The molecule has 2 aromatic carbocycles. The van der Waals surface area contributed by atoms with Crippen molar-refractivity contribution in [3.63, 3.8) is 0 Å². The van der Waals surface area contributed by atoms with Gasteiger partial charge in [0.15, 0.2) is 0 Å². The molecule has 2 aromatic rings. The van der Waals surface area contributed by atoms with Crippen LogP contribution in [0.5, 0.6) is 0 Å². The van der Waals surface area contributed by atoms with Crippen LogP contribution in [0.1, 0.15) is 37.4 Å². The molecule has 0 aliphatic heterocycles. The van der Waals surface area contributed by atoms with Crippen LogP contribution in [-0.4, -0.2) is 6.54 Å². The molecule has 2 atom stereocenters. The molecule has 1 nitrogen and oxygen atoms in total. The third-order valence-electron chi connectivity index (χ3n) is 4.31. The summed E-state index contributed by atoms with van der Waals surface area (Å²) in [5, 5.41) is 3.72. The molecule has 0 spiro atoms. The maximum absolute atomic E-state index is 3.72. The van der Waals surface area contributed by atoms with Gasteiger partial charge in [-0.1, -0.05) is 56.3 Å². The molecule has 0 bridgehead atoms. The first-order chi connectivity index (χ1) is 9.79. The number of nitrogens with one attached hydrogen (secondary N) is 1. The summed E-state index contributed by atoms with van der Waals surface area (Å²) < 4.78 is 0. The molecule has 1 aliphatic rings. The average Bonchev–Trinajstić information content (AvgIpc) is 2.80. The van der Waals surface area contributed by atoms with E-state index in [0.29, 0.717) is 12.0 Å². The maximum atomic E-state index is 3.72. The molecule has 0 amide bonds. The van der Waals surface area contributed by atoms with Crippen molar-refractivity contribution < 1.29 is 0 Å². The summed E-state index contributed by atoms with van der Waals surface area (Å²) in [4.78, 5) is 0. The van der Waals surface area contributed by atoms with Crippen molar-refractivity contribution in [1.82, 2.24) is 5.32 Å². The van der Waals surface area contributed by atoms with Crippen LogP contribution in [0.15, 0.2) is 48.5 Å². The van der Waals surface area contributed by atoms with Crippen LogP contribution in [0, 0.1) is 5.92 Å². The third-order valence-corrected chi connectivity index (χ3v) is 4.31. The summed E-state index contributed by atoms with van der Waals surface area (Å²) in [7, 11) is 0. The Kier molecular flexibility index (Phi) is 3.88. The van der Waals surface area contributed by atoms with Gasteiger partial charge in [0, 0.05) is 6.04 Å². The van der Waals surface area contributed by atoms with E-state index in [0.717, 1.165) is 6.54 Å². The molecule has 3 rings (SSSR count). The number of hydrogen-bond acceptors (Lipinski definition) is 1. The molecule has 20 heavy (non-hydrogen) atoms. The van der Waals surface area contributed by atoms with Crippen molar-refractivity contribution in [3.05, 3.63) is 59.7 Å². The van der Waals surface area contributed by atoms with Gasteiger partial charge in [-0.25, -0.2) is 0 Å². The van der Waals surface area contributed by atoms with Crippen molar-refractivity contribution in [3.8, 4) is 11.1 Å². The molecule has 0 aromatic heterocycles. The lowest BCUT2D eigenvalue weighted by Crippen LogP contribution is -2.24. The van der Waals surface area contributed by atoms with E-state index in [4.69, 9.17) is 0 Å². The van der Waals surface area contributed by atoms with Gasteiger partial charge < -0.3 is 5.32 Å². The first-order valence-electron chi connectivity index (χ1n) is 7.71. The van der Waals surface area contributed by atoms with E-state index in [2.05, 4.69) is 67.7 Å². The Morgan fingerprint density at radius 2 is 1.85 bits per heavy atom. The van der Waals surface area contributed by atoms with E-state index < -0.39 is 0 Å². The lowest BCUT2D eigenvalue weighted by Gasteiger charge is -2.19. The van der Waals surface area contributed by atoms with E-state index in [1.54, 1.807) is 0 Å². The minimum Gasteiger partial charge on any atom is -0.310 e. The van der Waals surface area contributed by atoms with Crippen molar-refractivity contribution in [2.75, 3.05) is 6.54 Å². The van der Waals surface area contributed by atoms with Gasteiger partial charge in [-0.2, -0.15) is 0 Å². The Balaban J connectivity index is 1.94.